The lowest BCUT2D eigenvalue weighted by atomic mass is 10.1. The van der Waals surface area contributed by atoms with Gasteiger partial charge in [-0.25, -0.2) is 0 Å². The van der Waals surface area contributed by atoms with Gasteiger partial charge in [0.05, 0.1) is 6.61 Å². The van der Waals surface area contributed by atoms with Crippen molar-refractivity contribution in [2.45, 2.75) is 33.4 Å². The zero-order valence-corrected chi connectivity index (χ0v) is 9.94. The monoisotopic (exact) mass is 224 g/mol. The van der Waals surface area contributed by atoms with Crippen LogP contribution in [-0.4, -0.2) is 22.1 Å². The molecule has 16 heavy (non-hydrogen) atoms. The van der Waals surface area contributed by atoms with Crippen LogP contribution in [0.25, 0.3) is 0 Å². The Labute approximate surface area is 96.3 Å². The van der Waals surface area contributed by atoms with E-state index in [4.69, 9.17) is 5.11 Å². The van der Waals surface area contributed by atoms with Crippen molar-refractivity contribution in [1.82, 2.24) is 9.88 Å². The van der Waals surface area contributed by atoms with Crippen LogP contribution in [0.3, 0.4) is 0 Å². The molecular formula is C12H20N2O2. The van der Waals surface area contributed by atoms with Crippen molar-refractivity contribution in [2.24, 2.45) is 5.92 Å². The second kappa shape index (κ2) is 6.33. The Morgan fingerprint density at radius 3 is 2.94 bits per heavy atom. The highest BCUT2D eigenvalue weighted by Crippen LogP contribution is 2.01. The lowest BCUT2D eigenvalue weighted by Crippen LogP contribution is -2.29. The highest BCUT2D eigenvalue weighted by Gasteiger charge is 2.05. The molecule has 0 saturated heterocycles. The summed E-state index contributed by atoms with van der Waals surface area (Å²) in [5, 5.41) is 11.9. The predicted molar refractivity (Wildman–Crippen MR) is 62.8 cm³/mol. The molecule has 0 radical (unpaired) electrons. The molecule has 4 heteroatoms. The third kappa shape index (κ3) is 4.06. The highest BCUT2D eigenvalue weighted by molar-refractivity contribution is 5.75. The zero-order valence-electron chi connectivity index (χ0n) is 9.94. The quantitative estimate of drug-likeness (QED) is 0.761. The maximum atomic E-state index is 11.5. The van der Waals surface area contributed by atoms with E-state index in [1.807, 2.05) is 6.07 Å². The molecule has 1 rings (SSSR count). The van der Waals surface area contributed by atoms with Crippen molar-refractivity contribution in [3.63, 3.8) is 0 Å². The molecule has 1 amide bonds. The fraction of sp³-hybridized carbons (Fsp3) is 0.583. The maximum Gasteiger partial charge on any atom is 0.239 e. The molecule has 0 aliphatic carbocycles. The standard InChI is InChI=1S/C12H20N2O2/c1-10(2)5-6-13-12(16)8-14-7-3-4-11(14)9-15/h3-4,7,10,15H,5-6,8-9H2,1-2H3,(H,13,16). The van der Waals surface area contributed by atoms with Crippen LogP contribution in [0.15, 0.2) is 18.3 Å². The average Bonchev–Trinajstić information content (AvgIpc) is 2.64. The largest absolute Gasteiger partial charge is 0.390 e. The lowest BCUT2D eigenvalue weighted by Gasteiger charge is -2.09. The molecule has 1 aromatic heterocycles. The Morgan fingerprint density at radius 1 is 1.56 bits per heavy atom. The Balaban J connectivity index is 2.34. The summed E-state index contributed by atoms with van der Waals surface area (Å²) in [6.45, 7) is 5.21. The maximum absolute atomic E-state index is 11.5. The van der Waals surface area contributed by atoms with Gasteiger partial charge in [-0.1, -0.05) is 13.8 Å². The van der Waals surface area contributed by atoms with Crippen LogP contribution in [0.2, 0.25) is 0 Å². The second-order valence-corrected chi connectivity index (χ2v) is 4.32. The number of rotatable bonds is 6. The predicted octanol–water partition coefficient (Wildman–Crippen LogP) is 1.14. The van der Waals surface area contributed by atoms with Crippen LogP contribution in [0.4, 0.5) is 0 Å². The summed E-state index contributed by atoms with van der Waals surface area (Å²) in [6, 6.07) is 3.63. The third-order valence-electron chi connectivity index (χ3n) is 2.44. The van der Waals surface area contributed by atoms with Gasteiger partial charge in [-0.05, 0) is 24.5 Å². The minimum atomic E-state index is -0.0354. The van der Waals surface area contributed by atoms with Gasteiger partial charge in [0.1, 0.15) is 6.54 Å². The molecular weight excluding hydrogens is 204 g/mol. The van der Waals surface area contributed by atoms with E-state index in [1.165, 1.54) is 0 Å². The van der Waals surface area contributed by atoms with E-state index < -0.39 is 0 Å². The fourth-order valence-corrected chi connectivity index (χ4v) is 1.46. The molecule has 0 aliphatic heterocycles. The minimum Gasteiger partial charge on any atom is -0.390 e. The van der Waals surface area contributed by atoms with E-state index in [1.54, 1.807) is 16.8 Å². The van der Waals surface area contributed by atoms with Crippen molar-refractivity contribution >= 4 is 5.91 Å². The van der Waals surface area contributed by atoms with Gasteiger partial charge in [0, 0.05) is 18.4 Å². The first kappa shape index (κ1) is 12.8. The van der Waals surface area contributed by atoms with Crippen LogP contribution in [0, 0.1) is 5.92 Å². The van der Waals surface area contributed by atoms with Crippen molar-refractivity contribution in [3.8, 4) is 0 Å². The first-order valence-corrected chi connectivity index (χ1v) is 5.65. The van der Waals surface area contributed by atoms with Gasteiger partial charge in [-0.15, -0.1) is 0 Å². The van der Waals surface area contributed by atoms with Crippen molar-refractivity contribution in [2.75, 3.05) is 6.54 Å². The van der Waals surface area contributed by atoms with Gasteiger partial charge in [0.25, 0.3) is 0 Å². The molecule has 1 aromatic rings. The topological polar surface area (TPSA) is 54.3 Å². The van der Waals surface area contributed by atoms with Gasteiger partial charge in [-0.2, -0.15) is 0 Å². The number of amides is 1. The molecule has 0 bridgehead atoms. The molecule has 2 N–H and O–H groups in total. The van der Waals surface area contributed by atoms with Crippen molar-refractivity contribution < 1.29 is 9.90 Å². The third-order valence-corrected chi connectivity index (χ3v) is 2.44. The SMILES string of the molecule is CC(C)CCNC(=O)Cn1cccc1CO. The number of aliphatic hydroxyl groups excluding tert-OH is 1. The number of aliphatic hydroxyl groups is 1. The van der Waals surface area contributed by atoms with E-state index >= 15 is 0 Å². The summed E-state index contributed by atoms with van der Waals surface area (Å²) in [6.07, 6.45) is 2.79. The molecule has 0 aliphatic rings. The average molecular weight is 224 g/mol. The van der Waals surface area contributed by atoms with Gasteiger partial charge in [0.2, 0.25) is 5.91 Å². The summed E-state index contributed by atoms with van der Waals surface area (Å²) >= 11 is 0. The van der Waals surface area contributed by atoms with E-state index in [-0.39, 0.29) is 19.1 Å². The van der Waals surface area contributed by atoms with Crippen LogP contribution < -0.4 is 5.32 Å². The van der Waals surface area contributed by atoms with E-state index in [2.05, 4.69) is 19.2 Å². The number of nitrogens with zero attached hydrogens (tertiary/aromatic N) is 1. The first-order chi connectivity index (χ1) is 7.63. The lowest BCUT2D eigenvalue weighted by molar-refractivity contribution is -0.121. The van der Waals surface area contributed by atoms with E-state index in [9.17, 15) is 4.79 Å². The summed E-state index contributed by atoms with van der Waals surface area (Å²) in [4.78, 5) is 11.5. The Kier molecular flexibility index (Phi) is 5.05. The number of aromatic nitrogens is 1. The summed E-state index contributed by atoms with van der Waals surface area (Å²) in [7, 11) is 0. The Bertz CT molecular complexity index is 332. The van der Waals surface area contributed by atoms with Gasteiger partial charge >= 0.3 is 0 Å². The molecule has 0 unspecified atom stereocenters. The Morgan fingerprint density at radius 2 is 2.31 bits per heavy atom. The van der Waals surface area contributed by atoms with Crippen molar-refractivity contribution in [1.29, 1.82) is 0 Å². The normalized spacial score (nSPS) is 10.8. The summed E-state index contributed by atoms with van der Waals surface area (Å²) in [5.74, 6) is 0.589. The Hall–Kier alpha value is -1.29. The van der Waals surface area contributed by atoms with Crippen LogP contribution in [0.5, 0.6) is 0 Å². The molecule has 0 fully saturated rings. The number of hydrogen-bond donors (Lipinski definition) is 2. The molecule has 0 atom stereocenters. The molecule has 90 valence electrons. The van der Waals surface area contributed by atoms with Gasteiger partial charge < -0.3 is 15.0 Å². The zero-order chi connectivity index (χ0) is 12.0. The first-order valence-electron chi connectivity index (χ1n) is 5.65. The van der Waals surface area contributed by atoms with Gasteiger partial charge in [-0.3, -0.25) is 4.79 Å². The molecule has 0 spiro atoms. The van der Waals surface area contributed by atoms with Crippen LogP contribution in [0.1, 0.15) is 26.0 Å². The smallest absolute Gasteiger partial charge is 0.239 e. The summed E-state index contributed by atoms with van der Waals surface area (Å²) in [5.41, 5.74) is 0.763. The number of nitrogens with one attached hydrogen (secondary N) is 1. The van der Waals surface area contributed by atoms with E-state index in [0.29, 0.717) is 12.5 Å². The minimum absolute atomic E-state index is 0.00782. The van der Waals surface area contributed by atoms with Gasteiger partial charge in [0.15, 0.2) is 0 Å². The molecule has 1 heterocycles. The van der Waals surface area contributed by atoms with Crippen molar-refractivity contribution in [3.05, 3.63) is 24.0 Å². The number of carbonyl (C=O) groups excluding carboxylic acids is 1. The molecule has 0 saturated carbocycles. The van der Waals surface area contributed by atoms with Crippen LogP contribution >= 0.6 is 0 Å². The number of carbonyl (C=O) groups is 1. The second-order valence-electron chi connectivity index (χ2n) is 4.32. The van der Waals surface area contributed by atoms with E-state index in [0.717, 1.165) is 12.1 Å². The number of hydrogen-bond acceptors (Lipinski definition) is 2. The highest BCUT2D eigenvalue weighted by atomic mass is 16.3. The summed E-state index contributed by atoms with van der Waals surface area (Å²) < 4.78 is 1.75. The fourth-order valence-electron chi connectivity index (χ4n) is 1.46. The molecule has 0 aromatic carbocycles. The molecule has 4 nitrogen and oxygen atoms in total. The van der Waals surface area contributed by atoms with Crippen LogP contribution in [-0.2, 0) is 17.9 Å².